The van der Waals surface area contributed by atoms with Crippen molar-refractivity contribution in [2.45, 2.75) is 32.8 Å². The number of nitro benzene ring substituents is 1. The molecule has 1 aromatic carbocycles. The second kappa shape index (κ2) is 8.86. The third-order valence-electron chi connectivity index (χ3n) is 2.83. The van der Waals surface area contributed by atoms with E-state index < -0.39 is 22.6 Å². The van der Waals surface area contributed by atoms with E-state index in [1.807, 2.05) is 0 Å². The SMILES string of the molecule is COC(=O)c1cccc([N+](=O)[O-])c1OCCCNC(=O)OC(C)(C)C. The summed E-state index contributed by atoms with van der Waals surface area (Å²) in [5.74, 6) is -0.887. The number of rotatable bonds is 7. The van der Waals surface area contributed by atoms with E-state index in [-0.39, 0.29) is 30.2 Å². The first-order valence-electron chi connectivity index (χ1n) is 7.61. The van der Waals surface area contributed by atoms with Gasteiger partial charge < -0.3 is 19.5 Å². The van der Waals surface area contributed by atoms with Crippen LogP contribution in [-0.4, -0.2) is 42.8 Å². The highest BCUT2D eigenvalue weighted by Crippen LogP contribution is 2.31. The number of alkyl carbamates (subject to hydrolysis) is 1. The molecule has 1 amide bonds. The van der Waals surface area contributed by atoms with Gasteiger partial charge in [-0.1, -0.05) is 6.07 Å². The zero-order chi connectivity index (χ0) is 19.0. The Morgan fingerprint density at radius 2 is 1.96 bits per heavy atom. The van der Waals surface area contributed by atoms with Gasteiger partial charge >= 0.3 is 17.7 Å². The summed E-state index contributed by atoms with van der Waals surface area (Å²) < 4.78 is 15.1. The van der Waals surface area contributed by atoms with Gasteiger partial charge in [0, 0.05) is 12.6 Å². The van der Waals surface area contributed by atoms with Gasteiger partial charge in [-0.15, -0.1) is 0 Å². The molecule has 0 spiro atoms. The highest BCUT2D eigenvalue weighted by atomic mass is 16.6. The summed E-state index contributed by atoms with van der Waals surface area (Å²) in [6.07, 6.45) is -0.195. The van der Waals surface area contributed by atoms with Crippen molar-refractivity contribution in [1.82, 2.24) is 5.32 Å². The normalized spacial score (nSPS) is 10.7. The van der Waals surface area contributed by atoms with E-state index in [1.165, 1.54) is 25.3 Å². The second-order valence-corrected chi connectivity index (χ2v) is 6.03. The number of esters is 1. The molecule has 0 saturated heterocycles. The maximum atomic E-state index is 11.7. The summed E-state index contributed by atoms with van der Waals surface area (Å²) in [7, 11) is 1.18. The summed E-state index contributed by atoms with van der Waals surface area (Å²) in [6, 6.07) is 4.00. The van der Waals surface area contributed by atoms with Gasteiger partial charge in [0.2, 0.25) is 5.75 Å². The Morgan fingerprint density at radius 3 is 2.52 bits per heavy atom. The number of ether oxygens (including phenoxy) is 3. The molecule has 25 heavy (non-hydrogen) atoms. The van der Waals surface area contributed by atoms with Gasteiger partial charge in [0.1, 0.15) is 11.2 Å². The van der Waals surface area contributed by atoms with Gasteiger partial charge in [-0.25, -0.2) is 9.59 Å². The van der Waals surface area contributed by atoms with Crippen LogP contribution < -0.4 is 10.1 Å². The molecule has 0 radical (unpaired) electrons. The van der Waals surface area contributed by atoms with Gasteiger partial charge in [-0.3, -0.25) is 10.1 Å². The molecule has 0 unspecified atom stereocenters. The van der Waals surface area contributed by atoms with Gasteiger partial charge in [-0.05, 0) is 33.3 Å². The molecular weight excluding hydrogens is 332 g/mol. The summed E-state index contributed by atoms with van der Waals surface area (Å²) in [6.45, 7) is 5.56. The Morgan fingerprint density at radius 1 is 1.28 bits per heavy atom. The van der Waals surface area contributed by atoms with Gasteiger partial charge in [0.05, 0.1) is 18.6 Å². The number of nitro groups is 1. The number of hydrogen-bond donors (Lipinski definition) is 1. The first-order chi connectivity index (χ1) is 11.7. The van der Waals surface area contributed by atoms with E-state index >= 15 is 0 Å². The van der Waals surface area contributed by atoms with Gasteiger partial charge in [-0.2, -0.15) is 0 Å². The lowest BCUT2D eigenvalue weighted by Crippen LogP contribution is -2.33. The maximum absolute atomic E-state index is 11.7. The van der Waals surface area contributed by atoms with Crippen molar-refractivity contribution >= 4 is 17.7 Å². The third-order valence-corrected chi connectivity index (χ3v) is 2.83. The van der Waals surface area contributed by atoms with E-state index in [0.717, 1.165) is 0 Å². The maximum Gasteiger partial charge on any atom is 0.407 e. The predicted molar refractivity (Wildman–Crippen MR) is 88.8 cm³/mol. The highest BCUT2D eigenvalue weighted by molar-refractivity contribution is 5.94. The zero-order valence-electron chi connectivity index (χ0n) is 14.7. The molecule has 0 saturated carbocycles. The van der Waals surface area contributed by atoms with Crippen molar-refractivity contribution in [1.29, 1.82) is 0 Å². The second-order valence-electron chi connectivity index (χ2n) is 6.03. The van der Waals surface area contributed by atoms with E-state index in [2.05, 4.69) is 10.1 Å². The lowest BCUT2D eigenvalue weighted by Gasteiger charge is -2.19. The lowest BCUT2D eigenvalue weighted by molar-refractivity contribution is -0.385. The molecule has 0 aliphatic heterocycles. The first-order valence-corrected chi connectivity index (χ1v) is 7.61. The monoisotopic (exact) mass is 354 g/mol. The minimum Gasteiger partial charge on any atom is -0.486 e. The molecule has 1 aromatic rings. The summed E-state index contributed by atoms with van der Waals surface area (Å²) in [4.78, 5) is 33.7. The number of nitrogens with one attached hydrogen (secondary N) is 1. The summed E-state index contributed by atoms with van der Waals surface area (Å²) in [5.41, 5.74) is -0.958. The average Bonchev–Trinajstić information content (AvgIpc) is 2.51. The number of amides is 1. The number of carbonyl (C=O) groups excluding carboxylic acids is 2. The van der Waals surface area contributed by atoms with E-state index in [0.29, 0.717) is 6.42 Å². The Kier molecular flexibility index (Phi) is 7.16. The fourth-order valence-electron chi connectivity index (χ4n) is 1.84. The van der Waals surface area contributed by atoms with Gasteiger partial charge in [0.25, 0.3) is 0 Å². The van der Waals surface area contributed by atoms with Crippen LogP contribution in [0.2, 0.25) is 0 Å². The first kappa shape index (κ1) is 20.2. The average molecular weight is 354 g/mol. The number of carbonyl (C=O) groups is 2. The van der Waals surface area contributed by atoms with Crippen LogP contribution in [0.4, 0.5) is 10.5 Å². The standard InChI is InChI=1S/C16H22N2O7/c1-16(2,3)25-15(20)17-9-6-10-24-13-11(14(19)23-4)7-5-8-12(13)18(21)22/h5,7-8H,6,9-10H2,1-4H3,(H,17,20). The van der Waals surface area contributed by atoms with E-state index in [1.54, 1.807) is 20.8 Å². The van der Waals surface area contributed by atoms with Crippen molar-refractivity contribution in [2.24, 2.45) is 0 Å². The van der Waals surface area contributed by atoms with Crippen LogP contribution in [0.1, 0.15) is 37.6 Å². The fraction of sp³-hybridized carbons (Fsp3) is 0.500. The fourth-order valence-corrected chi connectivity index (χ4v) is 1.84. The third kappa shape index (κ3) is 6.66. The number of hydrogen-bond acceptors (Lipinski definition) is 7. The predicted octanol–water partition coefficient (Wildman–Crippen LogP) is 2.68. The molecule has 0 aliphatic carbocycles. The molecule has 9 heteroatoms. The lowest BCUT2D eigenvalue weighted by atomic mass is 10.1. The van der Waals surface area contributed by atoms with Crippen molar-refractivity contribution in [3.05, 3.63) is 33.9 Å². The molecule has 1 N–H and O–H groups in total. The van der Waals surface area contributed by atoms with E-state index in [4.69, 9.17) is 9.47 Å². The minimum atomic E-state index is -0.731. The van der Waals surface area contributed by atoms with Crippen LogP contribution in [0, 0.1) is 10.1 Å². The molecule has 9 nitrogen and oxygen atoms in total. The van der Waals surface area contributed by atoms with Crippen LogP contribution >= 0.6 is 0 Å². The Labute approximate surface area is 145 Å². The minimum absolute atomic E-state index is 0.0307. The van der Waals surface area contributed by atoms with Crippen molar-refractivity contribution in [2.75, 3.05) is 20.3 Å². The molecule has 0 aromatic heterocycles. The molecule has 0 heterocycles. The Bertz CT molecular complexity index is 638. The number of nitrogens with zero attached hydrogens (tertiary/aromatic N) is 1. The zero-order valence-corrected chi connectivity index (χ0v) is 14.7. The van der Waals surface area contributed by atoms with Crippen molar-refractivity contribution in [3.8, 4) is 5.75 Å². The van der Waals surface area contributed by atoms with Gasteiger partial charge in [0.15, 0.2) is 0 Å². The molecule has 0 bridgehead atoms. The van der Waals surface area contributed by atoms with Crippen LogP contribution in [-0.2, 0) is 9.47 Å². The van der Waals surface area contributed by atoms with Crippen LogP contribution in [0.15, 0.2) is 18.2 Å². The number of methoxy groups -OCH3 is 1. The molecule has 0 atom stereocenters. The van der Waals surface area contributed by atoms with Crippen LogP contribution in [0.25, 0.3) is 0 Å². The molecule has 0 aliphatic rings. The topological polar surface area (TPSA) is 117 Å². The molecule has 138 valence electrons. The molecular formula is C16H22N2O7. The molecule has 0 fully saturated rings. The van der Waals surface area contributed by atoms with Crippen molar-refractivity contribution < 1.29 is 28.7 Å². The Balaban J connectivity index is 2.63. The Hall–Kier alpha value is -2.84. The quantitative estimate of drug-likeness (QED) is 0.346. The smallest absolute Gasteiger partial charge is 0.407 e. The van der Waals surface area contributed by atoms with E-state index in [9.17, 15) is 19.7 Å². The summed E-state index contributed by atoms with van der Waals surface area (Å²) in [5, 5.41) is 13.6. The number of benzene rings is 1. The van der Waals surface area contributed by atoms with Crippen LogP contribution in [0.5, 0.6) is 5.75 Å². The largest absolute Gasteiger partial charge is 0.486 e. The van der Waals surface area contributed by atoms with Crippen molar-refractivity contribution in [3.63, 3.8) is 0 Å². The van der Waals surface area contributed by atoms with Crippen LogP contribution in [0.3, 0.4) is 0 Å². The summed E-state index contributed by atoms with van der Waals surface area (Å²) >= 11 is 0. The highest BCUT2D eigenvalue weighted by Gasteiger charge is 2.23. The molecule has 1 rings (SSSR count). The number of para-hydroxylation sites is 1.